The van der Waals surface area contributed by atoms with Gasteiger partial charge in [-0.25, -0.2) is 9.67 Å². The van der Waals surface area contributed by atoms with Gasteiger partial charge >= 0.3 is 5.97 Å². The van der Waals surface area contributed by atoms with Gasteiger partial charge in [-0.3, -0.25) is 4.79 Å². The molecule has 0 amide bonds. The molecule has 0 unspecified atom stereocenters. The van der Waals surface area contributed by atoms with Crippen LogP contribution in [0.25, 0.3) is 17.6 Å². The van der Waals surface area contributed by atoms with E-state index in [1.54, 1.807) is 35.4 Å². The van der Waals surface area contributed by atoms with Crippen LogP contribution >= 0.6 is 11.6 Å². The molecule has 0 saturated heterocycles. The Hall–Kier alpha value is -2.14. The molecule has 0 atom stereocenters. The van der Waals surface area contributed by atoms with Crippen molar-refractivity contribution in [3.8, 4) is 11.4 Å². The second-order valence-corrected chi connectivity index (χ2v) is 5.12. The average molecular weight is 306 g/mol. The molecule has 0 saturated carbocycles. The van der Waals surface area contributed by atoms with Crippen molar-refractivity contribution in [3.05, 3.63) is 41.7 Å². The maximum Gasteiger partial charge on any atom is 0.309 e. The Kier molecular flexibility index (Phi) is 5.11. The number of ether oxygens (including phenoxy) is 1. The molecule has 5 nitrogen and oxygen atoms in total. The quantitative estimate of drug-likeness (QED) is 0.794. The Bertz CT molecular complexity index is 650. The third-order valence-electron chi connectivity index (χ3n) is 2.50. The van der Waals surface area contributed by atoms with Gasteiger partial charge in [0.2, 0.25) is 0 Å². The van der Waals surface area contributed by atoms with Gasteiger partial charge in [-0.1, -0.05) is 29.8 Å². The van der Waals surface area contributed by atoms with Crippen molar-refractivity contribution in [2.24, 2.45) is 0 Å². The smallest absolute Gasteiger partial charge is 0.309 e. The van der Waals surface area contributed by atoms with Crippen molar-refractivity contribution in [2.45, 2.75) is 26.4 Å². The molecule has 0 aliphatic carbocycles. The first-order chi connectivity index (χ1) is 10.0. The number of esters is 1. The first kappa shape index (κ1) is 15.3. The molecule has 0 aliphatic heterocycles. The van der Waals surface area contributed by atoms with Crippen LogP contribution in [0.4, 0.5) is 0 Å². The fraction of sp³-hybridized carbons (Fsp3) is 0.267. The summed E-state index contributed by atoms with van der Waals surface area (Å²) in [4.78, 5) is 15.6. The lowest BCUT2D eigenvalue weighted by Crippen LogP contribution is -2.09. The van der Waals surface area contributed by atoms with E-state index < -0.39 is 0 Å². The third-order valence-corrected chi connectivity index (χ3v) is 2.74. The van der Waals surface area contributed by atoms with Gasteiger partial charge in [0.25, 0.3) is 0 Å². The van der Waals surface area contributed by atoms with Crippen LogP contribution in [-0.2, 0) is 9.53 Å². The third kappa shape index (κ3) is 4.72. The van der Waals surface area contributed by atoms with Crippen molar-refractivity contribution in [1.29, 1.82) is 0 Å². The lowest BCUT2D eigenvalue weighted by atomic mass is 10.2. The monoisotopic (exact) mass is 305 g/mol. The lowest BCUT2D eigenvalue weighted by Gasteiger charge is -2.05. The van der Waals surface area contributed by atoms with Crippen molar-refractivity contribution < 1.29 is 9.53 Å². The highest BCUT2D eigenvalue weighted by Crippen LogP contribution is 2.18. The predicted octanol–water partition coefficient (Wildman–Crippen LogP) is 3.41. The van der Waals surface area contributed by atoms with E-state index >= 15 is 0 Å². The van der Waals surface area contributed by atoms with E-state index in [1.165, 1.54) is 0 Å². The average Bonchev–Trinajstić information content (AvgIpc) is 2.86. The molecule has 21 heavy (non-hydrogen) atoms. The summed E-state index contributed by atoms with van der Waals surface area (Å²) in [5, 5.41) is 4.92. The van der Waals surface area contributed by atoms with Gasteiger partial charge in [0.05, 0.1) is 12.5 Å². The molecule has 0 fully saturated rings. The topological polar surface area (TPSA) is 57.0 Å². The van der Waals surface area contributed by atoms with Gasteiger partial charge in [0.1, 0.15) is 6.33 Å². The number of hydrogen-bond acceptors (Lipinski definition) is 4. The van der Waals surface area contributed by atoms with Crippen molar-refractivity contribution in [1.82, 2.24) is 14.8 Å². The van der Waals surface area contributed by atoms with E-state index in [2.05, 4.69) is 10.1 Å². The summed E-state index contributed by atoms with van der Waals surface area (Å²) in [6.45, 7) is 3.63. The molecule has 0 bridgehead atoms. The SMILES string of the molecule is CC(C)OC(=O)C/C=C\n1cnc(-c2cccc(Cl)c2)n1. The second kappa shape index (κ2) is 7.04. The van der Waals surface area contributed by atoms with Crippen LogP contribution in [-0.4, -0.2) is 26.8 Å². The normalized spacial score (nSPS) is 11.2. The maximum absolute atomic E-state index is 11.4. The summed E-state index contributed by atoms with van der Waals surface area (Å²) in [6, 6.07) is 7.32. The second-order valence-electron chi connectivity index (χ2n) is 4.69. The molecule has 0 radical (unpaired) electrons. The lowest BCUT2D eigenvalue weighted by molar-refractivity contribution is -0.146. The highest BCUT2D eigenvalue weighted by atomic mass is 35.5. The summed E-state index contributed by atoms with van der Waals surface area (Å²) in [5.41, 5.74) is 0.842. The minimum absolute atomic E-state index is 0.105. The molecule has 6 heteroatoms. The Balaban J connectivity index is 1.99. The minimum atomic E-state index is -0.267. The van der Waals surface area contributed by atoms with E-state index in [0.29, 0.717) is 10.8 Å². The number of aromatic nitrogens is 3. The highest BCUT2D eigenvalue weighted by Gasteiger charge is 2.04. The van der Waals surface area contributed by atoms with Gasteiger partial charge in [-0.15, -0.1) is 5.10 Å². The first-order valence-corrected chi connectivity index (χ1v) is 6.95. The number of carbonyl (C=O) groups is 1. The van der Waals surface area contributed by atoms with Crippen molar-refractivity contribution in [2.75, 3.05) is 0 Å². The number of carbonyl (C=O) groups excluding carboxylic acids is 1. The van der Waals surface area contributed by atoms with Crippen molar-refractivity contribution >= 4 is 23.8 Å². The Labute approximate surface area is 128 Å². The number of nitrogens with zero attached hydrogens (tertiary/aromatic N) is 3. The van der Waals surface area contributed by atoms with E-state index in [-0.39, 0.29) is 18.5 Å². The molecule has 0 N–H and O–H groups in total. The van der Waals surface area contributed by atoms with Gasteiger partial charge in [0, 0.05) is 16.8 Å². The fourth-order valence-electron chi connectivity index (χ4n) is 1.67. The Morgan fingerprint density at radius 1 is 1.48 bits per heavy atom. The van der Waals surface area contributed by atoms with Crippen LogP contribution in [0.3, 0.4) is 0 Å². The predicted molar refractivity (Wildman–Crippen MR) is 81.6 cm³/mol. The molecular weight excluding hydrogens is 290 g/mol. The first-order valence-electron chi connectivity index (χ1n) is 6.58. The van der Waals surface area contributed by atoms with Gasteiger partial charge in [-0.2, -0.15) is 0 Å². The van der Waals surface area contributed by atoms with Crippen LogP contribution in [0, 0.1) is 0 Å². The number of rotatable bonds is 5. The largest absolute Gasteiger partial charge is 0.463 e. The maximum atomic E-state index is 11.4. The molecule has 110 valence electrons. The fourth-order valence-corrected chi connectivity index (χ4v) is 1.86. The van der Waals surface area contributed by atoms with E-state index in [1.807, 2.05) is 26.0 Å². The molecule has 1 aromatic carbocycles. The molecule has 0 aliphatic rings. The zero-order valence-electron chi connectivity index (χ0n) is 11.9. The van der Waals surface area contributed by atoms with Crippen LogP contribution in [0.5, 0.6) is 0 Å². The Morgan fingerprint density at radius 3 is 3.00 bits per heavy atom. The standard InChI is InChI=1S/C15H16ClN3O2/c1-11(2)21-14(20)7-4-8-19-10-17-15(18-19)12-5-3-6-13(16)9-12/h3-6,8-11H,7H2,1-2H3/b8-4-. The van der Waals surface area contributed by atoms with E-state index in [9.17, 15) is 4.79 Å². The summed E-state index contributed by atoms with van der Waals surface area (Å²) < 4.78 is 6.57. The number of benzene rings is 1. The molecule has 1 heterocycles. The summed E-state index contributed by atoms with van der Waals surface area (Å²) >= 11 is 5.93. The zero-order valence-corrected chi connectivity index (χ0v) is 12.6. The summed E-state index contributed by atoms with van der Waals surface area (Å²) in [7, 11) is 0. The molecule has 1 aromatic heterocycles. The molecule has 2 aromatic rings. The summed E-state index contributed by atoms with van der Waals surface area (Å²) in [5.74, 6) is 0.309. The van der Waals surface area contributed by atoms with Crippen LogP contribution in [0.2, 0.25) is 5.02 Å². The van der Waals surface area contributed by atoms with Gasteiger partial charge in [0.15, 0.2) is 5.82 Å². The Morgan fingerprint density at radius 2 is 2.29 bits per heavy atom. The minimum Gasteiger partial charge on any atom is -0.463 e. The van der Waals surface area contributed by atoms with E-state index in [4.69, 9.17) is 16.3 Å². The van der Waals surface area contributed by atoms with Gasteiger partial charge in [-0.05, 0) is 26.0 Å². The highest BCUT2D eigenvalue weighted by molar-refractivity contribution is 6.30. The van der Waals surface area contributed by atoms with Crippen LogP contribution in [0.1, 0.15) is 20.3 Å². The summed E-state index contributed by atoms with van der Waals surface area (Å²) in [6.07, 6.45) is 5.01. The van der Waals surface area contributed by atoms with E-state index in [0.717, 1.165) is 5.56 Å². The van der Waals surface area contributed by atoms with Crippen LogP contribution < -0.4 is 0 Å². The van der Waals surface area contributed by atoms with Crippen molar-refractivity contribution in [3.63, 3.8) is 0 Å². The molecular formula is C15H16ClN3O2. The molecule has 2 rings (SSSR count). The number of hydrogen-bond donors (Lipinski definition) is 0. The number of halogens is 1. The van der Waals surface area contributed by atoms with Crippen LogP contribution in [0.15, 0.2) is 36.7 Å². The van der Waals surface area contributed by atoms with Gasteiger partial charge < -0.3 is 4.74 Å². The zero-order chi connectivity index (χ0) is 15.2. The molecule has 0 spiro atoms.